The molecule has 2 aromatic rings. The first-order chi connectivity index (χ1) is 13.7. The van der Waals surface area contributed by atoms with Gasteiger partial charge in [-0.25, -0.2) is 14.4 Å². The molecule has 2 aliphatic heterocycles. The number of halogens is 1. The molecule has 0 amide bonds. The third kappa shape index (κ3) is 4.51. The maximum atomic E-state index is 14.6. The van der Waals surface area contributed by atoms with E-state index in [9.17, 15) is 9.50 Å². The smallest absolute Gasteiger partial charge is 0.146 e. The number of nitrogens with zero attached hydrogens (tertiary/aromatic N) is 4. The molecule has 3 heterocycles. The van der Waals surface area contributed by atoms with Gasteiger partial charge < -0.3 is 25.0 Å². The Morgan fingerprint density at radius 3 is 2.61 bits per heavy atom. The van der Waals surface area contributed by atoms with Crippen LogP contribution in [-0.4, -0.2) is 60.6 Å². The zero-order chi connectivity index (χ0) is 19.3. The number of anilines is 3. The Balaban J connectivity index is 1.38. The molecule has 2 aliphatic rings. The van der Waals surface area contributed by atoms with Crippen molar-refractivity contribution >= 4 is 17.3 Å². The van der Waals surface area contributed by atoms with Gasteiger partial charge in [-0.15, -0.1) is 0 Å². The average molecular weight is 387 g/mol. The maximum absolute atomic E-state index is 14.6. The van der Waals surface area contributed by atoms with Gasteiger partial charge in [0.1, 0.15) is 23.8 Å². The van der Waals surface area contributed by atoms with Gasteiger partial charge in [0.15, 0.2) is 0 Å². The van der Waals surface area contributed by atoms with Crippen molar-refractivity contribution in [2.75, 3.05) is 54.5 Å². The molecule has 28 heavy (non-hydrogen) atoms. The fourth-order valence-electron chi connectivity index (χ4n) is 3.63. The highest BCUT2D eigenvalue weighted by Gasteiger charge is 2.19. The van der Waals surface area contributed by atoms with Crippen molar-refractivity contribution in [2.24, 2.45) is 0 Å². The number of hydrogen-bond acceptors (Lipinski definition) is 7. The van der Waals surface area contributed by atoms with Gasteiger partial charge in [0.2, 0.25) is 0 Å². The number of piperidine rings is 1. The summed E-state index contributed by atoms with van der Waals surface area (Å²) in [6.45, 7) is 4.88. The van der Waals surface area contributed by atoms with Gasteiger partial charge in [0, 0.05) is 38.8 Å². The quantitative estimate of drug-likeness (QED) is 0.813. The van der Waals surface area contributed by atoms with Crippen molar-refractivity contribution < 1.29 is 14.2 Å². The number of aliphatic hydroxyl groups is 1. The molecule has 0 saturated carbocycles. The van der Waals surface area contributed by atoms with Crippen LogP contribution >= 0.6 is 0 Å². The molecule has 2 N–H and O–H groups in total. The number of morpholine rings is 1. The lowest BCUT2D eigenvalue weighted by Gasteiger charge is -2.31. The summed E-state index contributed by atoms with van der Waals surface area (Å²) in [4.78, 5) is 12.8. The van der Waals surface area contributed by atoms with Gasteiger partial charge >= 0.3 is 0 Å². The molecule has 1 aromatic heterocycles. The van der Waals surface area contributed by atoms with Crippen molar-refractivity contribution in [3.05, 3.63) is 42.0 Å². The molecule has 0 radical (unpaired) electrons. The molecule has 150 valence electrons. The van der Waals surface area contributed by atoms with Crippen LogP contribution in [0.3, 0.4) is 0 Å². The first kappa shape index (κ1) is 18.9. The Hall–Kier alpha value is -2.45. The average Bonchev–Trinajstić information content (AvgIpc) is 2.74. The summed E-state index contributed by atoms with van der Waals surface area (Å²) in [5.41, 5.74) is 1.46. The van der Waals surface area contributed by atoms with E-state index in [1.54, 1.807) is 12.4 Å². The summed E-state index contributed by atoms with van der Waals surface area (Å²) in [6, 6.07) is 7.23. The number of nitrogens with one attached hydrogen (secondary N) is 1. The van der Waals surface area contributed by atoms with Crippen molar-refractivity contribution in [1.82, 2.24) is 9.97 Å². The normalized spacial score (nSPS) is 18.4. The first-order valence-corrected chi connectivity index (χ1v) is 9.79. The molecular weight excluding hydrogens is 361 g/mol. The van der Waals surface area contributed by atoms with E-state index in [0.717, 1.165) is 24.5 Å². The highest BCUT2D eigenvalue weighted by molar-refractivity contribution is 5.51. The third-order valence-corrected chi connectivity index (χ3v) is 5.28. The van der Waals surface area contributed by atoms with Crippen LogP contribution in [0.25, 0.3) is 0 Å². The van der Waals surface area contributed by atoms with Crippen LogP contribution in [0, 0.1) is 5.82 Å². The summed E-state index contributed by atoms with van der Waals surface area (Å²) in [5.74, 6) is 1.35. The van der Waals surface area contributed by atoms with Crippen molar-refractivity contribution in [3.8, 4) is 0 Å². The van der Waals surface area contributed by atoms with E-state index in [4.69, 9.17) is 4.74 Å². The Labute approximate surface area is 164 Å². The van der Waals surface area contributed by atoms with Gasteiger partial charge in [-0.2, -0.15) is 0 Å². The highest BCUT2D eigenvalue weighted by atomic mass is 19.1. The summed E-state index contributed by atoms with van der Waals surface area (Å²) in [5, 5.41) is 12.9. The largest absolute Gasteiger partial charge is 0.393 e. The van der Waals surface area contributed by atoms with Gasteiger partial charge in [-0.3, -0.25) is 0 Å². The minimum atomic E-state index is -0.266. The highest BCUT2D eigenvalue weighted by Crippen LogP contribution is 2.25. The second-order valence-corrected chi connectivity index (χ2v) is 7.22. The van der Waals surface area contributed by atoms with Crippen molar-refractivity contribution in [1.29, 1.82) is 0 Å². The number of hydrogen-bond donors (Lipinski definition) is 2. The molecular formula is C20H26FN5O2. The molecule has 2 saturated heterocycles. The number of benzene rings is 1. The van der Waals surface area contributed by atoms with E-state index in [-0.39, 0.29) is 11.9 Å². The molecule has 0 bridgehead atoms. The van der Waals surface area contributed by atoms with Gasteiger partial charge in [0.25, 0.3) is 0 Å². The van der Waals surface area contributed by atoms with Gasteiger partial charge in [0.05, 0.1) is 25.0 Å². The van der Waals surface area contributed by atoms with E-state index in [0.29, 0.717) is 57.2 Å². The topological polar surface area (TPSA) is 73.8 Å². The van der Waals surface area contributed by atoms with Crippen molar-refractivity contribution in [2.45, 2.75) is 25.5 Å². The van der Waals surface area contributed by atoms with E-state index >= 15 is 0 Å². The maximum Gasteiger partial charge on any atom is 0.146 e. The molecule has 4 rings (SSSR count). The van der Waals surface area contributed by atoms with Crippen LogP contribution in [0.4, 0.5) is 21.7 Å². The minimum absolute atomic E-state index is 0.229. The monoisotopic (exact) mass is 387 g/mol. The van der Waals surface area contributed by atoms with Crippen LogP contribution in [0.15, 0.2) is 30.6 Å². The molecule has 0 unspecified atom stereocenters. The lowest BCUT2D eigenvalue weighted by atomic mass is 10.1. The third-order valence-electron chi connectivity index (χ3n) is 5.28. The summed E-state index contributed by atoms with van der Waals surface area (Å²) in [7, 11) is 0. The minimum Gasteiger partial charge on any atom is -0.393 e. The SMILES string of the molecule is OC1CCN(c2ccc(CNc3cc(N4CCOCC4)ncn3)cc2F)CC1. The summed E-state index contributed by atoms with van der Waals surface area (Å²) < 4.78 is 20.0. The Kier molecular flexibility index (Phi) is 5.87. The van der Waals surface area contributed by atoms with Crippen LogP contribution in [0.2, 0.25) is 0 Å². The molecule has 0 spiro atoms. The molecule has 0 aliphatic carbocycles. The van der Waals surface area contributed by atoms with Crippen LogP contribution < -0.4 is 15.1 Å². The van der Waals surface area contributed by atoms with Crippen molar-refractivity contribution in [3.63, 3.8) is 0 Å². The standard InChI is InChI=1S/C20H26FN5O2/c21-17-11-15(1-2-18(17)25-5-3-16(27)4-6-25)13-22-19-12-20(24-14-23-19)26-7-9-28-10-8-26/h1-2,11-12,14,16,27H,3-10,13H2,(H,22,23,24). The predicted octanol–water partition coefficient (Wildman–Crippen LogP) is 2.03. The molecule has 7 nitrogen and oxygen atoms in total. The number of ether oxygens (including phenoxy) is 1. The van der Waals surface area contributed by atoms with Crippen LogP contribution in [-0.2, 0) is 11.3 Å². The first-order valence-electron chi connectivity index (χ1n) is 9.79. The van der Waals surface area contributed by atoms with Gasteiger partial charge in [-0.05, 0) is 30.5 Å². The predicted molar refractivity (Wildman–Crippen MR) is 106 cm³/mol. The Bertz CT molecular complexity index is 792. The fraction of sp³-hybridized carbons (Fsp3) is 0.500. The lowest BCUT2D eigenvalue weighted by Crippen LogP contribution is -2.36. The molecule has 8 heteroatoms. The van der Waals surface area contributed by atoms with E-state index in [1.165, 1.54) is 0 Å². The van der Waals surface area contributed by atoms with Gasteiger partial charge in [-0.1, -0.05) is 6.07 Å². The summed E-state index contributed by atoms with van der Waals surface area (Å²) >= 11 is 0. The second kappa shape index (κ2) is 8.70. The van der Waals surface area contributed by atoms with Crippen LogP contribution in [0.5, 0.6) is 0 Å². The number of aliphatic hydroxyl groups excluding tert-OH is 1. The zero-order valence-corrected chi connectivity index (χ0v) is 15.9. The second-order valence-electron chi connectivity index (χ2n) is 7.22. The van der Waals surface area contributed by atoms with E-state index < -0.39 is 0 Å². The molecule has 0 atom stereocenters. The number of aromatic nitrogens is 2. The zero-order valence-electron chi connectivity index (χ0n) is 15.9. The fourth-order valence-corrected chi connectivity index (χ4v) is 3.63. The Morgan fingerprint density at radius 1 is 1.07 bits per heavy atom. The molecule has 2 fully saturated rings. The van der Waals surface area contributed by atoms with Crippen LogP contribution in [0.1, 0.15) is 18.4 Å². The van der Waals surface area contributed by atoms with E-state index in [2.05, 4.69) is 20.2 Å². The Morgan fingerprint density at radius 2 is 1.86 bits per heavy atom. The summed E-state index contributed by atoms with van der Waals surface area (Å²) in [6.07, 6.45) is 2.64. The molecule has 1 aromatic carbocycles. The van der Waals surface area contributed by atoms with E-state index in [1.807, 2.05) is 23.1 Å². The lowest BCUT2D eigenvalue weighted by molar-refractivity contribution is 0.122. The number of rotatable bonds is 5.